The van der Waals surface area contributed by atoms with Gasteiger partial charge in [-0.25, -0.2) is 0 Å². The molecule has 1 aliphatic rings. The van der Waals surface area contributed by atoms with E-state index in [-0.39, 0.29) is 0 Å². The Hall–Kier alpha value is -1.02. The van der Waals surface area contributed by atoms with Gasteiger partial charge >= 0.3 is 0 Å². The standard InChI is InChI=1S/C11H15NO/c1-13-11-4-2-9(3-5-11)10-6-7-12-8-10/h2-5,10,12H,6-8H2,1H3/t10-/m0/s1. The first-order valence-corrected chi connectivity index (χ1v) is 4.75. The number of methoxy groups -OCH3 is 1. The third-order valence-electron chi connectivity index (χ3n) is 2.65. The number of ether oxygens (including phenoxy) is 1. The normalized spacial score (nSPS) is 21.8. The van der Waals surface area contributed by atoms with Crippen LogP contribution in [0.4, 0.5) is 0 Å². The average Bonchev–Trinajstić information content (AvgIpc) is 2.71. The van der Waals surface area contributed by atoms with Crippen LogP contribution in [0, 0.1) is 0 Å². The Labute approximate surface area is 78.9 Å². The third-order valence-corrected chi connectivity index (χ3v) is 2.65. The fraction of sp³-hybridized carbons (Fsp3) is 0.455. The van der Waals surface area contributed by atoms with E-state index in [1.54, 1.807) is 7.11 Å². The summed E-state index contributed by atoms with van der Waals surface area (Å²) in [6.07, 6.45) is 1.26. The highest BCUT2D eigenvalue weighted by atomic mass is 16.5. The van der Waals surface area contributed by atoms with Crippen LogP contribution in [0.5, 0.6) is 5.75 Å². The van der Waals surface area contributed by atoms with Gasteiger partial charge in [-0.1, -0.05) is 12.1 Å². The molecular weight excluding hydrogens is 162 g/mol. The van der Waals surface area contributed by atoms with Crippen LogP contribution in [-0.4, -0.2) is 20.2 Å². The molecule has 1 fully saturated rings. The van der Waals surface area contributed by atoms with Gasteiger partial charge < -0.3 is 10.1 Å². The van der Waals surface area contributed by atoms with E-state index in [0.717, 1.165) is 18.8 Å². The van der Waals surface area contributed by atoms with E-state index in [1.165, 1.54) is 12.0 Å². The first kappa shape index (κ1) is 8.57. The fourth-order valence-electron chi connectivity index (χ4n) is 1.82. The average molecular weight is 177 g/mol. The molecule has 1 aliphatic heterocycles. The molecule has 2 rings (SSSR count). The van der Waals surface area contributed by atoms with Crippen molar-refractivity contribution in [2.24, 2.45) is 0 Å². The topological polar surface area (TPSA) is 21.3 Å². The number of benzene rings is 1. The molecule has 1 aromatic rings. The van der Waals surface area contributed by atoms with Crippen molar-refractivity contribution in [1.82, 2.24) is 5.32 Å². The van der Waals surface area contributed by atoms with Gasteiger partial charge in [0.15, 0.2) is 0 Å². The SMILES string of the molecule is COc1ccc([C@H]2CCNC2)cc1. The van der Waals surface area contributed by atoms with Crippen LogP contribution < -0.4 is 10.1 Å². The van der Waals surface area contributed by atoms with Crippen molar-refractivity contribution in [2.45, 2.75) is 12.3 Å². The molecule has 1 aromatic carbocycles. The third kappa shape index (κ3) is 1.83. The Balaban J connectivity index is 2.12. The van der Waals surface area contributed by atoms with Gasteiger partial charge in [0, 0.05) is 6.54 Å². The molecule has 0 amide bonds. The molecule has 2 heteroatoms. The summed E-state index contributed by atoms with van der Waals surface area (Å²) in [5.74, 6) is 1.64. The van der Waals surface area contributed by atoms with Crippen molar-refractivity contribution in [2.75, 3.05) is 20.2 Å². The largest absolute Gasteiger partial charge is 0.497 e. The zero-order valence-electron chi connectivity index (χ0n) is 7.92. The van der Waals surface area contributed by atoms with Crippen LogP contribution in [0.25, 0.3) is 0 Å². The molecule has 0 radical (unpaired) electrons. The molecule has 0 unspecified atom stereocenters. The maximum absolute atomic E-state index is 5.12. The van der Waals surface area contributed by atoms with Crippen molar-refractivity contribution in [1.29, 1.82) is 0 Å². The van der Waals surface area contributed by atoms with Crippen LogP contribution in [0.15, 0.2) is 24.3 Å². The minimum atomic E-state index is 0.700. The minimum Gasteiger partial charge on any atom is -0.497 e. The molecule has 1 atom stereocenters. The Kier molecular flexibility index (Phi) is 2.50. The summed E-state index contributed by atoms with van der Waals surface area (Å²) < 4.78 is 5.12. The summed E-state index contributed by atoms with van der Waals surface area (Å²) in [5, 5.41) is 3.37. The molecule has 1 saturated heterocycles. The maximum Gasteiger partial charge on any atom is 0.118 e. The minimum absolute atomic E-state index is 0.700. The molecule has 0 aromatic heterocycles. The lowest BCUT2D eigenvalue weighted by molar-refractivity contribution is 0.414. The van der Waals surface area contributed by atoms with E-state index in [9.17, 15) is 0 Å². The Morgan fingerprint density at radius 3 is 2.62 bits per heavy atom. The van der Waals surface area contributed by atoms with Crippen LogP contribution >= 0.6 is 0 Å². The van der Waals surface area contributed by atoms with E-state index in [4.69, 9.17) is 4.74 Å². The molecular formula is C11H15NO. The molecule has 2 nitrogen and oxygen atoms in total. The van der Waals surface area contributed by atoms with Crippen LogP contribution in [0.3, 0.4) is 0 Å². The van der Waals surface area contributed by atoms with Crippen molar-refractivity contribution >= 4 is 0 Å². The van der Waals surface area contributed by atoms with Gasteiger partial charge in [0.25, 0.3) is 0 Å². The molecule has 13 heavy (non-hydrogen) atoms. The summed E-state index contributed by atoms with van der Waals surface area (Å²) in [6, 6.07) is 8.40. The first-order chi connectivity index (χ1) is 6.40. The maximum atomic E-state index is 5.12. The number of hydrogen-bond acceptors (Lipinski definition) is 2. The van der Waals surface area contributed by atoms with Gasteiger partial charge in [-0.05, 0) is 36.6 Å². The van der Waals surface area contributed by atoms with Crippen LogP contribution in [0.1, 0.15) is 17.9 Å². The Morgan fingerprint density at radius 2 is 2.08 bits per heavy atom. The van der Waals surface area contributed by atoms with Crippen molar-refractivity contribution < 1.29 is 4.74 Å². The summed E-state index contributed by atoms with van der Waals surface area (Å²) >= 11 is 0. The Morgan fingerprint density at radius 1 is 1.31 bits per heavy atom. The highest BCUT2D eigenvalue weighted by molar-refractivity contribution is 5.30. The number of rotatable bonds is 2. The van der Waals surface area contributed by atoms with Crippen molar-refractivity contribution in [3.8, 4) is 5.75 Å². The van der Waals surface area contributed by atoms with Crippen LogP contribution in [-0.2, 0) is 0 Å². The zero-order chi connectivity index (χ0) is 9.10. The second-order valence-electron chi connectivity index (χ2n) is 3.46. The predicted molar refractivity (Wildman–Crippen MR) is 53.2 cm³/mol. The van der Waals surface area contributed by atoms with Gasteiger partial charge in [0.1, 0.15) is 5.75 Å². The highest BCUT2D eigenvalue weighted by Gasteiger charge is 2.15. The van der Waals surface area contributed by atoms with Gasteiger partial charge in [0.2, 0.25) is 0 Å². The molecule has 70 valence electrons. The molecule has 0 saturated carbocycles. The van der Waals surface area contributed by atoms with Gasteiger partial charge in [-0.3, -0.25) is 0 Å². The summed E-state index contributed by atoms with van der Waals surface area (Å²) in [6.45, 7) is 2.27. The molecule has 0 spiro atoms. The second kappa shape index (κ2) is 3.79. The Bertz CT molecular complexity index is 262. The van der Waals surface area contributed by atoms with Gasteiger partial charge in [0.05, 0.1) is 7.11 Å². The van der Waals surface area contributed by atoms with Crippen molar-refractivity contribution in [3.63, 3.8) is 0 Å². The second-order valence-corrected chi connectivity index (χ2v) is 3.46. The van der Waals surface area contributed by atoms with Crippen molar-refractivity contribution in [3.05, 3.63) is 29.8 Å². The lowest BCUT2D eigenvalue weighted by Crippen LogP contribution is -2.07. The molecule has 0 bridgehead atoms. The lowest BCUT2D eigenvalue weighted by atomic mass is 9.99. The van der Waals surface area contributed by atoms with E-state index < -0.39 is 0 Å². The number of hydrogen-bond donors (Lipinski definition) is 1. The molecule has 0 aliphatic carbocycles. The van der Waals surface area contributed by atoms with E-state index in [0.29, 0.717) is 5.92 Å². The highest BCUT2D eigenvalue weighted by Crippen LogP contribution is 2.23. The predicted octanol–water partition coefficient (Wildman–Crippen LogP) is 1.77. The van der Waals surface area contributed by atoms with E-state index >= 15 is 0 Å². The summed E-state index contributed by atoms with van der Waals surface area (Å²) in [4.78, 5) is 0. The van der Waals surface area contributed by atoms with E-state index in [1.807, 2.05) is 12.1 Å². The fourth-order valence-corrected chi connectivity index (χ4v) is 1.82. The summed E-state index contributed by atoms with van der Waals surface area (Å²) in [5.41, 5.74) is 1.42. The quantitative estimate of drug-likeness (QED) is 0.743. The smallest absolute Gasteiger partial charge is 0.118 e. The molecule has 1 heterocycles. The zero-order valence-corrected chi connectivity index (χ0v) is 7.92. The van der Waals surface area contributed by atoms with Gasteiger partial charge in [-0.15, -0.1) is 0 Å². The number of nitrogens with one attached hydrogen (secondary N) is 1. The monoisotopic (exact) mass is 177 g/mol. The lowest BCUT2D eigenvalue weighted by Gasteiger charge is -2.08. The van der Waals surface area contributed by atoms with Gasteiger partial charge in [-0.2, -0.15) is 0 Å². The van der Waals surface area contributed by atoms with Crippen LogP contribution in [0.2, 0.25) is 0 Å². The summed E-state index contributed by atoms with van der Waals surface area (Å²) in [7, 11) is 1.70. The van der Waals surface area contributed by atoms with E-state index in [2.05, 4.69) is 17.4 Å². The molecule has 1 N–H and O–H groups in total. The first-order valence-electron chi connectivity index (χ1n) is 4.75.